The van der Waals surface area contributed by atoms with Gasteiger partial charge in [-0.3, -0.25) is 14.6 Å². The van der Waals surface area contributed by atoms with Crippen LogP contribution in [0.2, 0.25) is 0 Å². The van der Waals surface area contributed by atoms with E-state index in [1.54, 1.807) is 0 Å². The first-order valence-corrected chi connectivity index (χ1v) is 7.02. The smallest absolute Gasteiger partial charge is 0.307 e. The third-order valence-corrected chi connectivity index (χ3v) is 3.67. The van der Waals surface area contributed by atoms with Gasteiger partial charge < -0.3 is 10.2 Å². The number of carboxylic acid groups (broad SMARTS) is 1. The molecule has 0 aromatic heterocycles. The molecule has 5 heteroatoms. The predicted octanol–water partition coefficient (Wildman–Crippen LogP) is 0.424. The van der Waals surface area contributed by atoms with Crippen LogP contribution in [0.1, 0.15) is 11.1 Å². The fourth-order valence-electron chi connectivity index (χ4n) is 2.51. The van der Waals surface area contributed by atoms with Crippen LogP contribution in [-0.2, 0) is 17.8 Å². The van der Waals surface area contributed by atoms with Gasteiger partial charge in [0.05, 0.1) is 13.0 Å². The molecule has 0 radical (unpaired) electrons. The van der Waals surface area contributed by atoms with Gasteiger partial charge in [-0.1, -0.05) is 24.3 Å². The molecule has 1 fully saturated rings. The number of hydrogen-bond donors (Lipinski definition) is 2. The minimum absolute atomic E-state index is 0.0834. The molecule has 0 saturated carbocycles. The first-order chi connectivity index (χ1) is 9.67. The highest BCUT2D eigenvalue weighted by Crippen LogP contribution is 2.10. The Labute approximate surface area is 119 Å². The Morgan fingerprint density at radius 1 is 1.00 bits per heavy atom. The van der Waals surface area contributed by atoms with Crippen molar-refractivity contribution in [2.45, 2.75) is 13.0 Å². The van der Waals surface area contributed by atoms with Crippen LogP contribution < -0.4 is 0 Å². The van der Waals surface area contributed by atoms with Gasteiger partial charge in [-0.05, 0) is 11.1 Å². The zero-order chi connectivity index (χ0) is 14.4. The average Bonchev–Trinajstić information content (AvgIpc) is 2.43. The lowest BCUT2D eigenvalue weighted by Gasteiger charge is -2.34. The third kappa shape index (κ3) is 4.59. The van der Waals surface area contributed by atoms with Gasteiger partial charge in [0.25, 0.3) is 0 Å². The van der Waals surface area contributed by atoms with E-state index in [9.17, 15) is 4.79 Å². The van der Waals surface area contributed by atoms with Crippen LogP contribution in [0.5, 0.6) is 0 Å². The van der Waals surface area contributed by atoms with Crippen LogP contribution >= 0.6 is 0 Å². The van der Waals surface area contributed by atoms with E-state index < -0.39 is 5.97 Å². The summed E-state index contributed by atoms with van der Waals surface area (Å²) in [6, 6.07) is 7.81. The van der Waals surface area contributed by atoms with Crippen molar-refractivity contribution in [1.82, 2.24) is 9.80 Å². The third-order valence-electron chi connectivity index (χ3n) is 3.67. The molecule has 1 aromatic rings. The summed E-state index contributed by atoms with van der Waals surface area (Å²) in [5.74, 6) is -0.794. The van der Waals surface area contributed by atoms with Gasteiger partial charge in [0.2, 0.25) is 0 Å². The van der Waals surface area contributed by atoms with Crippen molar-refractivity contribution in [1.29, 1.82) is 0 Å². The molecule has 0 unspecified atom stereocenters. The van der Waals surface area contributed by atoms with E-state index in [0.717, 1.165) is 44.8 Å². The zero-order valence-electron chi connectivity index (χ0n) is 11.7. The predicted molar refractivity (Wildman–Crippen MR) is 76.6 cm³/mol. The van der Waals surface area contributed by atoms with Gasteiger partial charge in [-0.15, -0.1) is 0 Å². The first-order valence-electron chi connectivity index (χ1n) is 7.02. The molecular formula is C15H22N2O3. The Kier molecular flexibility index (Phi) is 5.52. The van der Waals surface area contributed by atoms with Crippen LogP contribution in [0, 0.1) is 0 Å². The molecular weight excluding hydrogens is 256 g/mol. The van der Waals surface area contributed by atoms with Crippen LogP contribution in [0.15, 0.2) is 24.3 Å². The van der Waals surface area contributed by atoms with Gasteiger partial charge in [0.1, 0.15) is 0 Å². The summed E-state index contributed by atoms with van der Waals surface area (Å²) >= 11 is 0. The van der Waals surface area contributed by atoms with E-state index in [4.69, 9.17) is 10.2 Å². The number of aliphatic hydroxyl groups excluding tert-OH is 1. The molecule has 0 spiro atoms. The molecule has 2 rings (SSSR count). The maximum Gasteiger partial charge on any atom is 0.307 e. The highest BCUT2D eigenvalue weighted by Gasteiger charge is 2.16. The van der Waals surface area contributed by atoms with Crippen molar-refractivity contribution < 1.29 is 15.0 Å². The fourth-order valence-corrected chi connectivity index (χ4v) is 2.51. The van der Waals surface area contributed by atoms with Gasteiger partial charge in [0.15, 0.2) is 0 Å². The van der Waals surface area contributed by atoms with Crippen molar-refractivity contribution in [3.63, 3.8) is 0 Å². The lowest BCUT2D eigenvalue weighted by atomic mass is 10.1. The molecule has 1 heterocycles. The quantitative estimate of drug-likeness (QED) is 0.790. The Hall–Kier alpha value is -1.43. The van der Waals surface area contributed by atoms with Gasteiger partial charge in [-0.25, -0.2) is 0 Å². The summed E-state index contributed by atoms with van der Waals surface area (Å²) in [6.07, 6.45) is 0.0834. The van der Waals surface area contributed by atoms with Crippen molar-refractivity contribution >= 4 is 5.97 Å². The molecule has 1 aliphatic rings. The van der Waals surface area contributed by atoms with Crippen LogP contribution in [0.25, 0.3) is 0 Å². The number of piperazine rings is 1. The number of hydrogen-bond acceptors (Lipinski definition) is 4. The summed E-state index contributed by atoms with van der Waals surface area (Å²) in [5.41, 5.74) is 2.06. The topological polar surface area (TPSA) is 64.0 Å². The molecule has 0 atom stereocenters. The minimum Gasteiger partial charge on any atom is -0.481 e. The Morgan fingerprint density at radius 3 is 2.10 bits per heavy atom. The monoisotopic (exact) mass is 278 g/mol. The zero-order valence-corrected chi connectivity index (χ0v) is 11.7. The number of rotatable bonds is 6. The van der Waals surface area contributed by atoms with Crippen molar-refractivity contribution in [3.05, 3.63) is 35.4 Å². The summed E-state index contributed by atoms with van der Waals surface area (Å²) in [4.78, 5) is 15.3. The minimum atomic E-state index is -0.794. The largest absolute Gasteiger partial charge is 0.481 e. The van der Waals surface area contributed by atoms with Gasteiger partial charge in [0, 0.05) is 39.3 Å². The van der Waals surface area contributed by atoms with E-state index in [0.29, 0.717) is 0 Å². The van der Waals surface area contributed by atoms with Gasteiger partial charge in [-0.2, -0.15) is 0 Å². The summed E-state index contributed by atoms with van der Waals surface area (Å²) < 4.78 is 0. The molecule has 0 bridgehead atoms. The standard InChI is InChI=1S/C15H22N2O3/c18-10-9-16-5-7-17(8-6-16)12-14-3-1-13(2-4-14)11-15(19)20/h1-4,18H,5-12H2,(H,19,20). The van der Waals surface area contributed by atoms with E-state index >= 15 is 0 Å². The lowest BCUT2D eigenvalue weighted by molar-refractivity contribution is -0.136. The molecule has 1 aliphatic heterocycles. The molecule has 0 aliphatic carbocycles. The van der Waals surface area contributed by atoms with Crippen molar-refractivity contribution in [2.24, 2.45) is 0 Å². The highest BCUT2D eigenvalue weighted by molar-refractivity contribution is 5.70. The number of aliphatic hydroxyl groups is 1. The molecule has 20 heavy (non-hydrogen) atoms. The molecule has 2 N–H and O–H groups in total. The molecule has 5 nitrogen and oxygen atoms in total. The second-order valence-corrected chi connectivity index (χ2v) is 5.23. The van der Waals surface area contributed by atoms with Crippen molar-refractivity contribution in [3.8, 4) is 0 Å². The number of nitrogens with zero attached hydrogens (tertiary/aromatic N) is 2. The fraction of sp³-hybridized carbons (Fsp3) is 0.533. The summed E-state index contributed by atoms with van der Waals surface area (Å²) in [7, 11) is 0. The Morgan fingerprint density at radius 2 is 1.55 bits per heavy atom. The van der Waals surface area contributed by atoms with E-state index in [2.05, 4.69) is 9.80 Å². The molecule has 1 aromatic carbocycles. The Bertz CT molecular complexity index is 425. The number of benzene rings is 1. The van der Waals surface area contributed by atoms with Gasteiger partial charge >= 0.3 is 5.97 Å². The SMILES string of the molecule is O=C(O)Cc1ccc(CN2CCN(CCO)CC2)cc1. The van der Waals surface area contributed by atoms with Crippen molar-refractivity contribution in [2.75, 3.05) is 39.3 Å². The van der Waals surface area contributed by atoms with Crippen LogP contribution in [0.3, 0.4) is 0 Å². The van der Waals surface area contributed by atoms with Crippen LogP contribution in [-0.4, -0.2) is 65.3 Å². The second kappa shape index (κ2) is 7.38. The van der Waals surface area contributed by atoms with E-state index in [1.807, 2.05) is 24.3 Å². The number of β-amino-alcohol motifs (C(OH)–C–C–N with tert-alkyl or cyclic N) is 1. The highest BCUT2D eigenvalue weighted by atomic mass is 16.4. The maximum atomic E-state index is 10.6. The van der Waals surface area contributed by atoms with E-state index in [-0.39, 0.29) is 13.0 Å². The number of carbonyl (C=O) groups is 1. The molecule has 1 saturated heterocycles. The maximum absolute atomic E-state index is 10.6. The number of aliphatic carboxylic acids is 1. The summed E-state index contributed by atoms with van der Waals surface area (Å²) in [5, 5.41) is 17.6. The Balaban J connectivity index is 1.80. The average molecular weight is 278 g/mol. The van der Waals surface area contributed by atoms with E-state index in [1.165, 1.54) is 5.56 Å². The lowest BCUT2D eigenvalue weighted by Crippen LogP contribution is -2.46. The first kappa shape index (κ1) is 15.0. The number of carboxylic acids is 1. The van der Waals surface area contributed by atoms with Crippen LogP contribution in [0.4, 0.5) is 0 Å². The molecule has 0 amide bonds. The summed E-state index contributed by atoms with van der Waals surface area (Å²) in [6.45, 7) is 5.91. The second-order valence-electron chi connectivity index (χ2n) is 5.23. The normalized spacial score (nSPS) is 17.2. The molecule has 110 valence electrons.